The SMILES string of the molecule is C1=C(c2ccccn2)C2CCCCCCCCCCCCCCCCCCCCCN1CC2. The molecule has 1 fully saturated rings. The fourth-order valence-corrected chi connectivity index (χ4v) is 5.84. The van der Waals surface area contributed by atoms with Gasteiger partial charge >= 0.3 is 0 Å². The van der Waals surface area contributed by atoms with Crippen molar-refractivity contribution in [3.8, 4) is 0 Å². The van der Waals surface area contributed by atoms with E-state index in [2.05, 4.69) is 23.2 Å². The molecule has 0 spiro atoms. The maximum Gasteiger partial charge on any atom is 0.0678 e. The molecule has 1 aromatic heterocycles. The van der Waals surface area contributed by atoms with Crippen molar-refractivity contribution in [3.63, 3.8) is 0 Å². The lowest BCUT2D eigenvalue weighted by molar-refractivity contribution is 0.313. The highest BCUT2D eigenvalue weighted by atomic mass is 15.1. The highest BCUT2D eigenvalue weighted by Gasteiger charge is 2.22. The van der Waals surface area contributed by atoms with E-state index in [1.54, 1.807) is 0 Å². The topological polar surface area (TPSA) is 16.1 Å². The quantitative estimate of drug-likeness (QED) is 0.421. The fraction of sp³-hybridized carbons (Fsp3) is 0.774. The first-order valence-electron chi connectivity index (χ1n) is 14.8. The average Bonchev–Trinajstić information content (AvgIpc) is 2.85. The Morgan fingerprint density at radius 2 is 1.06 bits per heavy atom. The second kappa shape index (κ2) is 17.2. The van der Waals surface area contributed by atoms with Gasteiger partial charge in [-0.15, -0.1) is 0 Å². The van der Waals surface area contributed by atoms with E-state index >= 15 is 0 Å². The molecular formula is C31H52N2. The summed E-state index contributed by atoms with van der Waals surface area (Å²) in [7, 11) is 0. The Morgan fingerprint density at radius 1 is 0.545 bits per heavy atom. The zero-order valence-electron chi connectivity index (χ0n) is 21.6. The van der Waals surface area contributed by atoms with Crippen LogP contribution in [0.15, 0.2) is 30.6 Å². The van der Waals surface area contributed by atoms with Crippen molar-refractivity contribution in [2.75, 3.05) is 13.1 Å². The van der Waals surface area contributed by atoms with Crippen LogP contribution in [-0.2, 0) is 0 Å². The summed E-state index contributed by atoms with van der Waals surface area (Å²) < 4.78 is 0. The normalized spacial score (nSPS) is 24.4. The summed E-state index contributed by atoms with van der Waals surface area (Å²) in [6.45, 7) is 2.46. The van der Waals surface area contributed by atoms with Crippen LogP contribution in [0.1, 0.15) is 141 Å². The maximum atomic E-state index is 4.74. The van der Waals surface area contributed by atoms with E-state index in [1.165, 1.54) is 159 Å². The van der Waals surface area contributed by atoms with E-state index in [0.717, 1.165) is 0 Å². The summed E-state index contributed by atoms with van der Waals surface area (Å²) in [6, 6.07) is 6.42. The molecule has 1 atom stereocenters. The van der Waals surface area contributed by atoms with Gasteiger partial charge < -0.3 is 4.90 Å². The summed E-state index contributed by atoms with van der Waals surface area (Å²) in [4.78, 5) is 7.33. The van der Waals surface area contributed by atoms with Crippen molar-refractivity contribution in [3.05, 3.63) is 36.3 Å². The lowest BCUT2D eigenvalue weighted by Gasteiger charge is -2.32. The van der Waals surface area contributed by atoms with Gasteiger partial charge in [0.2, 0.25) is 0 Å². The van der Waals surface area contributed by atoms with E-state index in [9.17, 15) is 0 Å². The molecule has 186 valence electrons. The zero-order chi connectivity index (χ0) is 22.8. The van der Waals surface area contributed by atoms with E-state index in [4.69, 9.17) is 4.98 Å². The minimum atomic E-state index is 0.700. The van der Waals surface area contributed by atoms with Crippen LogP contribution in [-0.4, -0.2) is 23.0 Å². The molecule has 4 heterocycles. The van der Waals surface area contributed by atoms with Gasteiger partial charge in [0, 0.05) is 25.5 Å². The molecule has 3 aliphatic rings. The fourth-order valence-electron chi connectivity index (χ4n) is 5.84. The van der Waals surface area contributed by atoms with Crippen LogP contribution in [0.5, 0.6) is 0 Å². The average molecular weight is 453 g/mol. The van der Waals surface area contributed by atoms with Gasteiger partial charge in [0.05, 0.1) is 5.69 Å². The van der Waals surface area contributed by atoms with Crippen LogP contribution in [0.4, 0.5) is 0 Å². The first-order chi connectivity index (χ1) is 16.4. The molecule has 4 rings (SSSR count). The third-order valence-corrected chi connectivity index (χ3v) is 7.98. The molecule has 2 nitrogen and oxygen atoms in total. The molecule has 1 aromatic rings. The summed E-state index contributed by atoms with van der Waals surface area (Å²) in [5, 5.41) is 0. The van der Waals surface area contributed by atoms with Crippen molar-refractivity contribution in [1.82, 2.24) is 9.88 Å². The molecule has 3 aliphatic heterocycles. The number of hydrogen-bond acceptors (Lipinski definition) is 2. The van der Waals surface area contributed by atoms with Gasteiger partial charge in [0.15, 0.2) is 0 Å². The Kier molecular flexibility index (Phi) is 13.7. The number of hydrogen-bond donors (Lipinski definition) is 0. The van der Waals surface area contributed by atoms with Gasteiger partial charge in [-0.25, -0.2) is 0 Å². The molecule has 0 amide bonds. The van der Waals surface area contributed by atoms with Crippen LogP contribution in [0, 0.1) is 5.92 Å². The van der Waals surface area contributed by atoms with Gasteiger partial charge in [-0.3, -0.25) is 4.98 Å². The molecule has 0 aliphatic carbocycles. The standard InChI is InChI=1S/C31H52N2/c1-2-4-6-8-10-12-14-16-18-22-29-24-27-33(28-30(29)31-23-19-20-25-32-31)26-21-17-15-13-11-9-7-5-3-1/h19-20,23,25,28-29H,1-18,21-22,24,26-27H2. The molecular weight excluding hydrogens is 400 g/mol. The number of aromatic nitrogens is 1. The first kappa shape index (κ1) is 26.3. The van der Waals surface area contributed by atoms with E-state index in [0.29, 0.717) is 5.92 Å². The van der Waals surface area contributed by atoms with Crippen LogP contribution in [0.3, 0.4) is 0 Å². The van der Waals surface area contributed by atoms with Gasteiger partial charge in [-0.2, -0.15) is 0 Å². The Hall–Kier alpha value is -1.31. The van der Waals surface area contributed by atoms with Crippen LogP contribution < -0.4 is 0 Å². The highest BCUT2D eigenvalue weighted by Crippen LogP contribution is 2.33. The summed E-state index contributed by atoms with van der Waals surface area (Å²) in [5.74, 6) is 0.700. The van der Waals surface area contributed by atoms with Crippen molar-refractivity contribution in [2.24, 2.45) is 5.92 Å². The van der Waals surface area contributed by atoms with E-state index in [1.807, 2.05) is 12.3 Å². The zero-order valence-corrected chi connectivity index (χ0v) is 21.6. The molecule has 0 N–H and O–H groups in total. The number of allylic oxidation sites excluding steroid dienone is 1. The van der Waals surface area contributed by atoms with Crippen molar-refractivity contribution in [1.29, 1.82) is 0 Å². The predicted molar refractivity (Wildman–Crippen MR) is 144 cm³/mol. The summed E-state index contributed by atoms with van der Waals surface area (Å²) in [5.41, 5.74) is 2.72. The molecule has 33 heavy (non-hydrogen) atoms. The second-order valence-corrected chi connectivity index (χ2v) is 10.8. The third-order valence-electron chi connectivity index (χ3n) is 7.98. The second-order valence-electron chi connectivity index (χ2n) is 10.8. The van der Waals surface area contributed by atoms with Gasteiger partial charge in [-0.1, -0.05) is 122 Å². The highest BCUT2D eigenvalue weighted by molar-refractivity contribution is 5.64. The Morgan fingerprint density at radius 3 is 1.58 bits per heavy atom. The Labute approximate surface area is 205 Å². The number of rotatable bonds is 1. The van der Waals surface area contributed by atoms with Crippen LogP contribution in [0.2, 0.25) is 0 Å². The van der Waals surface area contributed by atoms with Gasteiger partial charge in [0.25, 0.3) is 0 Å². The van der Waals surface area contributed by atoms with Crippen molar-refractivity contribution < 1.29 is 0 Å². The molecule has 1 saturated heterocycles. The largest absolute Gasteiger partial charge is 0.377 e. The molecule has 0 saturated carbocycles. The predicted octanol–water partition coefficient (Wildman–Crippen LogP) is 9.56. The smallest absolute Gasteiger partial charge is 0.0678 e. The van der Waals surface area contributed by atoms with Gasteiger partial charge in [-0.05, 0) is 42.9 Å². The Balaban J connectivity index is 1.49. The van der Waals surface area contributed by atoms with Crippen molar-refractivity contribution >= 4 is 5.57 Å². The lowest BCUT2D eigenvalue weighted by Crippen LogP contribution is -2.28. The van der Waals surface area contributed by atoms with E-state index < -0.39 is 0 Å². The van der Waals surface area contributed by atoms with Gasteiger partial charge in [0.1, 0.15) is 0 Å². The summed E-state index contributed by atoms with van der Waals surface area (Å²) >= 11 is 0. The van der Waals surface area contributed by atoms with E-state index in [-0.39, 0.29) is 0 Å². The molecule has 2 bridgehead atoms. The van der Waals surface area contributed by atoms with Crippen LogP contribution >= 0.6 is 0 Å². The minimum Gasteiger partial charge on any atom is -0.377 e. The Bertz CT molecular complexity index is 623. The molecule has 0 aromatic carbocycles. The number of fused-ring (bicyclic) bond motifs is 21. The summed E-state index contributed by atoms with van der Waals surface area (Å²) in [6.07, 6.45) is 34.5. The van der Waals surface area contributed by atoms with Crippen molar-refractivity contribution in [2.45, 2.75) is 135 Å². The number of pyridine rings is 1. The van der Waals surface area contributed by atoms with Crippen LogP contribution in [0.25, 0.3) is 5.57 Å². The third kappa shape index (κ3) is 11.1. The molecule has 2 heteroatoms. The maximum absolute atomic E-state index is 4.74. The first-order valence-corrected chi connectivity index (χ1v) is 14.8. The lowest BCUT2D eigenvalue weighted by atomic mass is 9.86. The molecule has 0 radical (unpaired) electrons. The minimum absolute atomic E-state index is 0.700. The monoisotopic (exact) mass is 452 g/mol. The number of nitrogens with zero attached hydrogens (tertiary/aromatic N) is 2. The molecule has 1 unspecified atom stereocenters.